The van der Waals surface area contributed by atoms with Gasteiger partial charge in [-0.05, 0) is 85.4 Å². The topological polar surface area (TPSA) is 54.4 Å². The Kier molecular flexibility index (Phi) is 8.19. The molecule has 3 heteroatoms. The minimum Gasteiger partial charge on any atom is -0.481 e. The standard InChI is InChI=1S/C29H50O3/c1-7-9-21-18-25(30)29(6,17-15-26(31)32)24-14-16-28(5)22(12-13-23(28)27(21)24)20(4)11-8-10-19(2)3/h19-24,27H,7-18H2,1-6H3,(H,31,32)/t20-,21+,22-,23+,24+,27+,28-,29-/m1/s1. The molecule has 0 aliphatic heterocycles. The van der Waals surface area contributed by atoms with Gasteiger partial charge in [-0.3, -0.25) is 9.59 Å². The zero-order valence-electron chi connectivity index (χ0n) is 21.8. The number of hydrogen-bond acceptors (Lipinski definition) is 2. The molecule has 0 heterocycles. The van der Waals surface area contributed by atoms with Crippen molar-refractivity contribution in [1.82, 2.24) is 0 Å². The van der Waals surface area contributed by atoms with Gasteiger partial charge in [0.15, 0.2) is 0 Å². The molecule has 32 heavy (non-hydrogen) atoms. The van der Waals surface area contributed by atoms with Crippen molar-refractivity contribution in [3.8, 4) is 0 Å². The van der Waals surface area contributed by atoms with Crippen molar-refractivity contribution in [3.63, 3.8) is 0 Å². The Bertz CT molecular complexity index is 669. The number of ketones is 1. The molecular weight excluding hydrogens is 396 g/mol. The Morgan fingerprint density at radius 2 is 1.81 bits per heavy atom. The Morgan fingerprint density at radius 1 is 1.09 bits per heavy atom. The highest BCUT2D eigenvalue weighted by atomic mass is 16.4. The van der Waals surface area contributed by atoms with Gasteiger partial charge in [-0.25, -0.2) is 0 Å². The van der Waals surface area contributed by atoms with Gasteiger partial charge < -0.3 is 5.11 Å². The summed E-state index contributed by atoms with van der Waals surface area (Å²) in [5, 5.41) is 9.36. The van der Waals surface area contributed by atoms with Gasteiger partial charge in [0.25, 0.3) is 0 Å². The third-order valence-corrected chi connectivity index (χ3v) is 10.5. The van der Waals surface area contributed by atoms with Crippen molar-refractivity contribution in [3.05, 3.63) is 0 Å². The Morgan fingerprint density at radius 3 is 2.44 bits per heavy atom. The lowest BCUT2D eigenvalue weighted by molar-refractivity contribution is -0.155. The minimum atomic E-state index is -0.761. The van der Waals surface area contributed by atoms with E-state index in [1.54, 1.807) is 0 Å². The smallest absolute Gasteiger partial charge is 0.303 e. The highest BCUT2D eigenvalue weighted by Gasteiger charge is 2.62. The van der Waals surface area contributed by atoms with Gasteiger partial charge in [0.2, 0.25) is 0 Å². The molecule has 3 fully saturated rings. The van der Waals surface area contributed by atoms with Crippen LogP contribution in [0.2, 0.25) is 0 Å². The first-order valence-electron chi connectivity index (χ1n) is 13.8. The van der Waals surface area contributed by atoms with Crippen LogP contribution in [0.15, 0.2) is 0 Å². The zero-order chi connectivity index (χ0) is 23.7. The minimum absolute atomic E-state index is 0.126. The highest BCUT2D eigenvalue weighted by Crippen LogP contribution is 2.67. The molecule has 1 N–H and O–H groups in total. The average Bonchev–Trinajstić information content (AvgIpc) is 3.07. The molecule has 0 bridgehead atoms. The quantitative estimate of drug-likeness (QED) is 0.373. The van der Waals surface area contributed by atoms with E-state index >= 15 is 0 Å². The Hall–Kier alpha value is -0.860. The summed E-state index contributed by atoms with van der Waals surface area (Å²) >= 11 is 0. The van der Waals surface area contributed by atoms with Gasteiger partial charge in [0.05, 0.1) is 0 Å². The van der Waals surface area contributed by atoms with Crippen molar-refractivity contribution in [2.45, 2.75) is 119 Å². The van der Waals surface area contributed by atoms with Crippen molar-refractivity contribution >= 4 is 11.8 Å². The number of rotatable bonds is 10. The molecule has 3 saturated carbocycles. The first-order valence-corrected chi connectivity index (χ1v) is 13.8. The van der Waals surface area contributed by atoms with E-state index in [9.17, 15) is 14.7 Å². The predicted octanol–water partition coefficient (Wildman–Crippen LogP) is 7.77. The molecule has 3 aliphatic carbocycles. The van der Waals surface area contributed by atoms with Crippen LogP contribution in [0.5, 0.6) is 0 Å². The number of aliphatic carboxylic acids is 1. The molecule has 0 unspecified atom stereocenters. The van der Waals surface area contributed by atoms with Gasteiger partial charge in [-0.1, -0.05) is 67.2 Å². The fourth-order valence-corrected chi connectivity index (χ4v) is 8.79. The van der Waals surface area contributed by atoms with E-state index in [-0.39, 0.29) is 6.42 Å². The summed E-state index contributed by atoms with van der Waals surface area (Å²) in [5.41, 5.74) is -0.0336. The molecule has 184 valence electrons. The molecule has 3 aliphatic rings. The maximum absolute atomic E-state index is 13.4. The van der Waals surface area contributed by atoms with Gasteiger partial charge >= 0.3 is 5.97 Å². The third-order valence-electron chi connectivity index (χ3n) is 10.5. The summed E-state index contributed by atoms with van der Waals surface area (Å²) < 4.78 is 0. The monoisotopic (exact) mass is 446 g/mol. The SMILES string of the molecule is CCC[C@H]1CC(=O)[C@](C)(CCC(=O)O)[C@H]2CC[C@]3(C)[C@@H]([C@H](C)CCCC(C)C)CC[C@H]3[C@H]12. The number of hydrogen-bond donors (Lipinski definition) is 1. The number of carbonyl (C=O) groups excluding carboxylic acids is 1. The molecule has 0 aromatic carbocycles. The van der Waals surface area contributed by atoms with Crippen molar-refractivity contribution < 1.29 is 14.7 Å². The van der Waals surface area contributed by atoms with E-state index in [1.165, 1.54) is 38.5 Å². The van der Waals surface area contributed by atoms with E-state index in [1.807, 2.05) is 0 Å². The lowest BCUT2D eigenvalue weighted by Crippen LogP contribution is -2.55. The number of carboxylic acids is 1. The lowest BCUT2D eigenvalue weighted by atomic mass is 9.45. The summed E-state index contributed by atoms with van der Waals surface area (Å²) in [6, 6.07) is 0. The van der Waals surface area contributed by atoms with Gasteiger partial charge in [0, 0.05) is 18.3 Å². The van der Waals surface area contributed by atoms with Crippen LogP contribution in [0.4, 0.5) is 0 Å². The van der Waals surface area contributed by atoms with Crippen LogP contribution >= 0.6 is 0 Å². The number of fused-ring (bicyclic) bond motifs is 3. The maximum atomic E-state index is 13.4. The first kappa shape index (κ1) is 25.8. The van der Waals surface area contributed by atoms with Crippen LogP contribution < -0.4 is 0 Å². The van der Waals surface area contributed by atoms with Crippen molar-refractivity contribution in [2.24, 2.45) is 52.3 Å². The maximum Gasteiger partial charge on any atom is 0.303 e. The van der Waals surface area contributed by atoms with Gasteiger partial charge in [0.1, 0.15) is 5.78 Å². The first-order chi connectivity index (χ1) is 15.0. The summed E-state index contributed by atoms with van der Waals surface area (Å²) in [5.74, 6) is 4.21. The fourth-order valence-electron chi connectivity index (χ4n) is 8.79. The summed E-state index contributed by atoms with van der Waals surface area (Å²) in [4.78, 5) is 24.8. The van der Waals surface area contributed by atoms with Crippen LogP contribution in [-0.2, 0) is 9.59 Å². The Labute approximate surface area is 197 Å². The predicted molar refractivity (Wildman–Crippen MR) is 131 cm³/mol. The third kappa shape index (κ3) is 4.83. The van der Waals surface area contributed by atoms with Crippen LogP contribution in [0.3, 0.4) is 0 Å². The largest absolute Gasteiger partial charge is 0.481 e. The molecule has 0 spiro atoms. The van der Waals surface area contributed by atoms with E-state index in [0.29, 0.717) is 47.7 Å². The van der Waals surface area contributed by atoms with Crippen molar-refractivity contribution in [1.29, 1.82) is 0 Å². The normalized spacial score (nSPS) is 40.2. The number of carbonyl (C=O) groups is 2. The summed E-state index contributed by atoms with van der Waals surface area (Å²) in [7, 11) is 0. The van der Waals surface area contributed by atoms with E-state index in [4.69, 9.17) is 0 Å². The molecule has 0 amide bonds. The van der Waals surface area contributed by atoms with Crippen LogP contribution in [0.1, 0.15) is 119 Å². The van der Waals surface area contributed by atoms with E-state index in [0.717, 1.165) is 37.0 Å². The van der Waals surface area contributed by atoms with Gasteiger partial charge in [-0.2, -0.15) is 0 Å². The number of carboxylic acid groups (broad SMARTS) is 1. The van der Waals surface area contributed by atoms with Crippen molar-refractivity contribution in [2.75, 3.05) is 0 Å². The van der Waals surface area contributed by atoms with Crippen LogP contribution in [0, 0.1) is 52.3 Å². The molecule has 3 nitrogen and oxygen atoms in total. The number of Topliss-reactive ketones (excluding diaryl/α,β-unsaturated/α-hetero) is 1. The second kappa shape index (κ2) is 10.2. The average molecular weight is 447 g/mol. The zero-order valence-corrected chi connectivity index (χ0v) is 21.8. The summed E-state index contributed by atoms with van der Waals surface area (Å²) in [6.07, 6.45) is 12.7. The molecular formula is C29H50O3. The Balaban J connectivity index is 1.83. The van der Waals surface area contributed by atoms with Crippen LogP contribution in [-0.4, -0.2) is 16.9 Å². The molecule has 8 atom stereocenters. The lowest BCUT2D eigenvalue weighted by Gasteiger charge is -2.59. The van der Waals surface area contributed by atoms with E-state index in [2.05, 4.69) is 41.5 Å². The van der Waals surface area contributed by atoms with E-state index < -0.39 is 11.4 Å². The van der Waals surface area contributed by atoms with Crippen LogP contribution in [0.25, 0.3) is 0 Å². The second-order valence-electron chi connectivity index (χ2n) is 12.8. The van der Waals surface area contributed by atoms with Gasteiger partial charge in [-0.15, -0.1) is 0 Å². The fraction of sp³-hybridized carbons (Fsp3) is 0.931. The molecule has 0 aromatic rings. The molecule has 0 radical (unpaired) electrons. The summed E-state index contributed by atoms with van der Waals surface area (Å²) in [6.45, 7) is 14.2. The highest BCUT2D eigenvalue weighted by molar-refractivity contribution is 5.86. The second-order valence-corrected chi connectivity index (χ2v) is 12.8. The molecule has 0 saturated heterocycles. The molecule has 3 rings (SSSR count). The molecule has 0 aromatic heterocycles.